The van der Waals surface area contributed by atoms with Crippen molar-refractivity contribution < 1.29 is 13.2 Å². The molecule has 21 heavy (non-hydrogen) atoms. The lowest BCUT2D eigenvalue weighted by atomic mass is 10.1. The van der Waals surface area contributed by atoms with Crippen LogP contribution in [0.5, 0.6) is 0 Å². The Kier molecular flexibility index (Phi) is 3.83. The van der Waals surface area contributed by atoms with Gasteiger partial charge in [-0.1, -0.05) is 55.5 Å². The van der Waals surface area contributed by atoms with Crippen molar-refractivity contribution in [3.05, 3.63) is 66.2 Å². The summed E-state index contributed by atoms with van der Waals surface area (Å²) in [4.78, 5) is 0.374. The first kappa shape index (κ1) is 14.3. The van der Waals surface area contributed by atoms with Crippen molar-refractivity contribution in [3.8, 4) is 0 Å². The van der Waals surface area contributed by atoms with E-state index in [2.05, 4.69) is 0 Å². The fraction of sp³-hybridized carbons (Fsp3) is 0.294. The van der Waals surface area contributed by atoms with Crippen LogP contribution in [0.25, 0.3) is 0 Å². The van der Waals surface area contributed by atoms with Crippen LogP contribution in [-0.2, 0) is 14.6 Å². The summed E-state index contributed by atoms with van der Waals surface area (Å²) < 4.78 is 31.2. The molecule has 1 aliphatic heterocycles. The molecule has 4 heteroatoms. The largest absolute Gasteiger partial charge is 0.363 e. The van der Waals surface area contributed by atoms with E-state index in [1.54, 1.807) is 24.3 Å². The monoisotopic (exact) mass is 302 g/mol. The fourth-order valence-electron chi connectivity index (χ4n) is 2.73. The van der Waals surface area contributed by atoms with Crippen molar-refractivity contribution in [1.82, 2.24) is 0 Å². The lowest BCUT2D eigenvalue weighted by Crippen LogP contribution is -2.26. The van der Waals surface area contributed by atoms with Gasteiger partial charge in [0.2, 0.25) is 0 Å². The summed E-state index contributed by atoms with van der Waals surface area (Å²) in [5.41, 5.74) is 1.05. The van der Waals surface area contributed by atoms with Crippen LogP contribution in [0.1, 0.15) is 25.0 Å². The summed E-state index contributed by atoms with van der Waals surface area (Å²) >= 11 is 0. The molecule has 0 amide bonds. The van der Waals surface area contributed by atoms with Gasteiger partial charge in [-0.2, -0.15) is 0 Å². The minimum Gasteiger partial charge on any atom is -0.363 e. The number of rotatable bonds is 5. The summed E-state index contributed by atoms with van der Waals surface area (Å²) in [6.45, 7) is 1.90. The fourth-order valence-corrected chi connectivity index (χ4v) is 4.62. The molecule has 2 aromatic rings. The quantitative estimate of drug-likeness (QED) is 0.795. The van der Waals surface area contributed by atoms with Crippen molar-refractivity contribution in [2.75, 3.05) is 0 Å². The number of hydrogen-bond acceptors (Lipinski definition) is 3. The van der Waals surface area contributed by atoms with Crippen LogP contribution in [0.4, 0.5) is 0 Å². The Labute approximate surface area is 125 Å². The van der Waals surface area contributed by atoms with E-state index >= 15 is 0 Å². The molecule has 0 N–H and O–H groups in total. The van der Waals surface area contributed by atoms with Crippen LogP contribution in [0.2, 0.25) is 0 Å². The van der Waals surface area contributed by atoms with Gasteiger partial charge in [-0.05, 0) is 24.1 Å². The number of sulfone groups is 1. The van der Waals surface area contributed by atoms with Crippen LogP contribution < -0.4 is 0 Å². The molecular weight excluding hydrogens is 284 g/mol. The van der Waals surface area contributed by atoms with E-state index in [-0.39, 0.29) is 12.2 Å². The lowest BCUT2D eigenvalue weighted by molar-refractivity contribution is 0.364. The minimum atomic E-state index is -3.35. The van der Waals surface area contributed by atoms with Gasteiger partial charge in [0, 0.05) is 0 Å². The molecule has 0 saturated carbocycles. The van der Waals surface area contributed by atoms with Crippen LogP contribution in [-0.4, -0.2) is 19.8 Å². The van der Waals surface area contributed by atoms with Gasteiger partial charge in [-0.25, -0.2) is 8.42 Å². The first-order valence-corrected chi connectivity index (χ1v) is 8.68. The summed E-state index contributed by atoms with van der Waals surface area (Å²) in [7, 11) is -3.35. The third kappa shape index (κ3) is 2.74. The summed E-state index contributed by atoms with van der Waals surface area (Å²) in [5, 5.41) is -0.495. The van der Waals surface area contributed by atoms with Crippen molar-refractivity contribution >= 4 is 9.84 Å². The van der Waals surface area contributed by atoms with Crippen molar-refractivity contribution in [1.29, 1.82) is 0 Å². The highest BCUT2D eigenvalue weighted by Gasteiger charge is 2.50. The zero-order valence-corrected chi connectivity index (χ0v) is 12.7. The highest BCUT2D eigenvalue weighted by atomic mass is 32.2. The Morgan fingerprint density at radius 1 is 1.00 bits per heavy atom. The topological polar surface area (TPSA) is 46.7 Å². The van der Waals surface area contributed by atoms with E-state index in [0.717, 1.165) is 5.56 Å². The molecule has 3 nitrogen and oxygen atoms in total. The molecule has 0 radical (unpaired) electrons. The van der Waals surface area contributed by atoms with Gasteiger partial charge in [0.15, 0.2) is 9.84 Å². The Morgan fingerprint density at radius 3 is 2.14 bits per heavy atom. The molecule has 1 aliphatic rings. The number of ether oxygens (including phenoxy) is 1. The maximum Gasteiger partial charge on any atom is 0.183 e. The van der Waals surface area contributed by atoms with E-state index in [0.29, 0.717) is 11.3 Å². The highest BCUT2D eigenvalue weighted by Crippen LogP contribution is 2.44. The molecule has 0 aromatic heterocycles. The van der Waals surface area contributed by atoms with Gasteiger partial charge in [0.25, 0.3) is 0 Å². The van der Waals surface area contributed by atoms with Gasteiger partial charge in [0.05, 0.1) is 10.1 Å². The first-order valence-electron chi connectivity index (χ1n) is 7.14. The second-order valence-electron chi connectivity index (χ2n) is 5.24. The smallest absolute Gasteiger partial charge is 0.183 e. The summed E-state index contributed by atoms with van der Waals surface area (Å²) in [5.74, 6) is 0. The van der Waals surface area contributed by atoms with E-state index < -0.39 is 15.1 Å². The van der Waals surface area contributed by atoms with Crippen LogP contribution in [0.3, 0.4) is 0 Å². The van der Waals surface area contributed by atoms with E-state index in [4.69, 9.17) is 4.74 Å². The van der Waals surface area contributed by atoms with Gasteiger partial charge in [0.1, 0.15) is 12.2 Å². The Hall–Kier alpha value is -1.65. The van der Waals surface area contributed by atoms with Crippen LogP contribution in [0, 0.1) is 0 Å². The average molecular weight is 302 g/mol. The molecule has 0 bridgehead atoms. The zero-order valence-electron chi connectivity index (χ0n) is 11.8. The standard InChI is InChI=1S/C17H18O3S/c1-2-15(21(18,19)14-11-7-4-8-12-14)17-16(20-17)13-9-5-3-6-10-13/h3-12,15-17H,2H2,1H3/t15-,16+,17+/m0/s1. The minimum absolute atomic E-state index is 0.102. The molecule has 3 rings (SSSR count). The number of benzene rings is 2. The molecule has 0 aliphatic carbocycles. The van der Waals surface area contributed by atoms with Gasteiger partial charge >= 0.3 is 0 Å². The van der Waals surface area contributed by atoms with E-state index in [9.17, 15) is 8.42 Å². The highest BCUT2D eigenvalue weighted by molar-refractivity contribution is 7.92. The van der Waals surface area contributed by atoms with Crippen molar-refractivity contribution in [2.45, 2.75) is 35.7 Å². The van der Waals surface area contributed by atoms with Gasteiger partial charge in [-0.3, -0.25) is 0 Å². The van der Waals surface area contributed by atoms with Gasteiger partial charge in [-0.15, -0.1) is 0 Å². The first-order chi connectivity index (χ1) is 10.1. The molecule has 1 heterocycles. The van der Waals surface area contributed by atoms with E-state index in [1.807, 2.05) is 43.3 Å². The third-order valence-electron chi connectivity index (χ3n) is 3.89. The third-order valence-corrected chi connectivity index (χ3v) is 6.22. The normalized spacial score (nSPS) is 22.7. The zero-order chi connectivity index (χ0) is 14.9. The maximum atomic E-state index is 12.7. The van der Waals surface area contributed by atoms with Gasteiger partial charge < -0.3 is 4.74 Å². The molecule has 3 atom stereocenters. The Balaban J connectivity index is 1.84. The molecule has 1 fully saturated rings. The Bertz CT molecular complexity index is 695. The molecule has 1 saturated heterocycles. The predicted octanol–water partition coefficient (Wildman–Crippen LogP) is 3.38. The second-order valence-corrected chi connectivity index (χ2v) is 7.40. The number of epoxide rings is 1. The van der Waals surface area contributed by atoms with Crippen LogP contribution in [0.15, 0.2) is 65.6 Å². The Morgan fingerprint density at radius 2 is 1.57 bits per heavy atom. The van der Waals surface area contributed by atoms with Crippen molar-refractivity contribution in [2.24, 2.45) is 0 Å². The number of hydrogen-bond donors (Lipinski definition) is 0. The van der Waals surface area contributed by atoms with Crippen LogP contribution >= 0.6 is 0 Å². The SMILES string of the molecule is CC[C@@H]([C@H]1O[C@@H]1c1ccccc1)S(=O)(=O)c1ccccc1. The summed E-state index contributed by atoms with van der Waals surface area (Å²) in [6.07, 6.45) is 0.197. The lowest BCUT2D eigenvalue weighted by Gasteiger charge is -2.13. The molecule has 2 aromatic carbocycles. The maximum absolute atomic E-state index is 12.7. The summed E-state index contributed by atoms with van der Waals surface area (Å²) in [6, 6.07) is 18.4. The average Bonchev–Trinajstić information content (AvgIpc) is 3.30. The van der Waals surface area contributed by atoms with E-state index in [1.165, 1.54) is 0 Å². The van der Waals surface area contributed by atoms with Crippen molar-refractivity contribution in [3.63, 3.8) is 0 Å². The molecule has 0 unspecified atom stereocenters. The molecule has 0 spiro atoms. The second kappa shape index (κ2) is 5.62. The predicted molar refractivity (Wildman–Crippen MR) is 81.8 cm³/mol. The molecular formula is C17H18O3S. The molecule has 110 valence electrons.